The van der Waals surface area contributed by atoms with Crippen LogP contribution in [0.4, 0.5) is 0 Å². The highest BCUT2D eigenvalue weighted by Gasteiger charge is 2.22. The number of pyridine rings is 1. The van der Waals surface area contributed by atoms with Gasteiger partial charge >= 0.3 is 0 Å². The van der Waals surface area contributed by atoms with Crippen molar-refractivity contribution in [2.75, 3.05) is 6.61 Å². The van der Waals surface area contributed by atoms with Crippen LogP contribution >= 0.6 is 0 Å². The second-order valence-electron chi connectivity index (χ2n) is 4.00. The number of nitrogens with two attached hydrogens (primary N) is 1. The van der Waals surface area contributed by atoms with E-state index in [2.05, 4.69) is 9.97 Å². The molecule has 0 fully saturated rings. The average molecular weight is 205 g/mol. The maximum Gasteiger partial charge on any atom is 0.0882 e. The van der Waals surface area contributed by atoms with E-state index < -0.39 is 5.54 Å². The molecule has 0 radical (unpaired) electrons. The van der Waals surface area contributed by atoms with Crippen LogP contribution in [0.25, 0.3) is 11.0 Å². The van der Waals surface area contributed by atoms with Gasteiger partial charge < -0.3 is 15.8 Å². The molecule has 4 nitrogen and oxygen atoms in total. The molecule has 0 bridgehead atoms. The van der Waals surface area contributed by atoms with Crippen molar-refractivity contribution in [2.24, 2.45) is 5.73 Å². The minimum absolute atomic E-state index is 0.0693. The van der Waals surface area contributed by atoms with Crippen molar-refractivity contribution in [1.29, 1.82) is 0 Å². The van der Waals surface area contributed by atoms with Gasteiger partial charge in [0.1, 0.15) is 0 Å². The number of nitrogens with zero attached hydrogens (tertiary/aromatic N) is 1. The van der Waals surface area contributed by atoms with Crippen molar-refractivity contribution in [3.8, 4) is 0 Å². The zero-order valence-electron chi connectivity index (χ0n) is 8.70. The summed E-state index contributed by atoms with van der Waals surface area (Å²) in [6.45, 7) is 1.95. The normalized spacial score (nSPS) is 15.4. The minimum atomic E-state index is -0.569. The summed E-state index contributed by atoms with van der Waals surface area (Å²) in [5, 5.41) is 8.92. The second-order valence-corrected chi connectivity index (χ2v) is 4.00. The van der Waals surface area contributed by atoms with Crippen LogP contribution in [0.2, 0.25) is 0 Å². The molecular formula is C11H15N3O. The Hall–Kier alpha value is -1.39. The Labute approximate surface area is 88.1 Å². The standard InChI is InChI=1S/C11H15N3O/c1-11(12,5-7-15)10-3-2-8-9(14-10)4-6-13-8/h2-4,6,13,15H,5,7,12H2,1H3/t11-/m0/s1. The Kier molecular flexibility index (Phi) is 2.46. The zero-order valence-corrected chi connectivity index (χ0v) is 8.70. The molecule has 4 N–H and O–H groups in total. The van der Waals surface area contributed by atoms with Crippen LogP contribution in [0.15, 0.2) is 24.4 Å². The monoisotopic (exact) mass is 205 g/mol. The van der Waals surface area contributed by atoms with Crippen molar-refractivity contribution < 1.29 is 5.11 Å². The second kappa shape index (κ2) is 3.64. The van der Waals surface area contributed by atoms with Crippen molar-refractivity contribution in [3.63, 3.8) is 0 Å². The van der Waals surface area contributed by atoms with Crippen LogP contribution in [-0.2, 0) is 5.54 Å². The third-order valence-corrected chi connectivity index (χ3v) is 2.62. The molecule has 15 heavy (non-hydrogen) atoms. The van der Waals surface area contributed by atoms with E-state index >= 15 is 0 Å². The summed E-state index contributed by atoms with van der Waals surface area (Å²) in [5.41, 5.74) is 8.22. The van der Waals surface area contributed by atoms with E-state index in [0.717, 1.165) is 16.7 Å². The minimum Gasteiger partial charge on any atom is -0.396 e. The Morgan fingerprint density at radius 2 is 2.27 bits per heavy atom. The molecule has 0 spiro atoms. The summed E-state index contributed by atoms with van der Waals surface area (Å²) in [5.74, 6) is 0. The summed E-state index contributed by atoms with van der Waals surface area (Å²) in [6.07, 6.45) is 2.36. The third-order valence-electron chi connectivity index (χ3n) is 2.62. The Balaban J connectivity index is 2.42. The van der Waals surface area contributed by atoms with E-state index in [9.17, 15) is 0 Å². The van der Waals surface area contributed by atoms with Crippen LogP contribution in [0.5, 0.6) is 0 Å². The molecule has 2 aromatic heterocycles. The molecule has 2 aromatic rings. The molecule has 0 saturated carbocycles. The first-order valence-corrected chi connectivity index (χ1v) is 4.98. The molecule has 2 rings (SSSR count). The molecule has 0 aromatic carbocycles. The largest absolute Gasteiger partial charge is 0.396 e. The van der Waals surface area contributed by atoms with E-state index in [1.807, 2.05) is 31.3 Å². The van der Waals surface area contributed by atoms with Gasteiger partial charge in [-0.1, -0.05) is 0 Å². The number of fused-ring (bicyclic) bond motifs is 1. The fraction of sp³-hybridized carbons (Fsp3) is 0.364. The number of hydrogen-bond donors (Lipinski definition) is 3. The fourth-order valence-corrected chi connectivity index (χ4v) is 1.61. The molecule has 0 aliphatic rings. The number of aliphatic hydroxyl groups is 1. The van der Waals surface area contributed by atoms with Gasteiger partial charge in [-0.05, 0) is 31.5 Å². The van der Waals surface area contributed by atoms with Gasteiger partial charge in [-0.15, -0.1) is 0 Å². The van der Waals surface area contributed by atoms with Crippen LogP contribution in [0, 0.1) is 0 Å². The van der Waals surface area contributed by atoms with Crippen molar-refractivity contribution in [1.82, 2.24) is 9.97 Å². The summed E-state index contributed by atoms with van der Waals surface area (Å²) in [7, 11) is 0. The number of aromatic nitrogens is 2. The summed E-state index contributed by atoms with van der Waals surface area (Å²) >= 11 is 0. The van der Waals surface area contributed by atoms with E-state index in [0.29, 0.717) is 6.42 Å². The summed E-state index contributed by atoms with van der Waals surface area (Å²) < 4.78 is 0. The Bertz CT molecular complexity index is 462. The molecule has 0 unspecified atom stereocenters. The van der Waals surface area contributed by atoms with Crippen molar-refractivity contribution in [2.45, 2.75) is 18.9 Å². The summed E-state index contributed by atoms with van der Waals surface area (Å²) in [6, 6.07) is 5.77. The third kappa shape index (κ3) is 1.86. The highest BCUT2D eigenvalue weighted by Crippen LogP contribution is 2.21. The van der Waals surface area contributed by atoms with Crippen LogP contribution in [0.1, 0.15) is 19.0 Å². The number of nitrogens with one attached hydrogen (secondary N) is 1. The van der Waals surface area contributed by atoms with Gasteiger partial charge in [0, 0.05) is 12.8 Å². The molecule has 0 saturated heterocycles. The lowest BCUT2D eigenvalue weighted by atomic mass is 9.95. The van der Waals surface area contributed by atoms with Crippen LogP contribution < -0.4 is 5.73 Å². The summed E-state index contributed by atoms with van der Waals surface area (Å²) in [4.78, 5) is 7.54. The maximum absolute atomic E-state index is 8.92. The van der Waals surface area contributed by atoms with Crippen LogP contribution in [-0.4, -0.2) is 21.7 Å². The number of aliphatic hydroxyl groups excluding tert-OH is 1. The number of H-pyrrole nitrogens is 1. The number of rotatable bonds is 3. The van der Waals surface area contributed by atoms with Crippen molar-refractivity contribution >= 4 is 11.0 Å². The molecule has 80 valence electrons. The molecule has 2 heterocycles. The molecule has 4 heteroatoms. The first-order valence-electron chi connectivity index (χ1n) is 4.98. The first-order chi connectivity index (χ1) is 7.13. The topological polar surface area (TPSA) is 74.9 Å². The molecule has 0 aliphatic heterocycles. The van der Waals surface area contributed by atoms with Gasteiger partial charge in [0.2, 0.25) is 0 Å². The highest BCUT2D eigenvalue weighted by atomic mass is 16.3. The lowest BCUT2D eigenvalue weighted by molar-refractivity contribution is 0.245. The Morgan fingerprint density at radius 3 is 3.00 bits per heavy atom. The Morgan fingerprint density at radius 1 is 1.47 bits per heavy atom. The van der Waals surface area contributed by atoms with E-state index in [-0.39, 0.29) is 6.61 Å². The van der Waals surface area contributed by atoms with E-state index in [1.54, 1.807) is 0 Å². The van der Waals surface area contributed by atoms with Gasteiger partial charge in [-0.2, -0.15) is 0 Å². The van der Waals surface area contributed by atoms with Gasteiger partial charge in [-0.3, -0.25) is 0 Å². The fourth-order valence-electron chi connectivity index (χ4n) is 1.61. The maximum atomic E-state index is 8.92. The molecule has 0 amide bonds. The number of hydrogen-bond acceptors (Lipinski definition) is 3. The lowest BCUT2D eigenvalue weighted by Gasteiger charge is -2.22. The molecule has 0 aliphatic carbocycles. The van der Waals surface area contributed by atoms with Gasteiger partial charge in [-0.25, -0.2) is 4.98 Å². The van der Waals surface area contributed by atoms with Gasteiger partial charge in [0.25, 0.3) is 0 Å². The number of aromatic amines is 1. The van der Waals surface area contributed by atoms with E-state index in [4.69, 9.17) is 10.8 Å². The molecular weight excluding hydrogens is 190 g/mol. The van der Waals surface area contributed by atoms with Gasteiger partial charge in [0.05, 0.1) is 22.3 Å². The lowest BCUT2D eigenvalue weighted by Crippen LogP contribution is -2.34. The predicted octanol–water partition coefficient (Wildman–Crippen LogP) is 1.12. The SMILES string of the molecule is C[C@](N)(CCO)c1ccc2[nH]ccc2n1. The molecule has 1 atom stereocenters. The zero-order chi connectivity index (χ0) is 10.9. The van der Waals surface area contributed by atoms with Crippen molar-refractivity contribution in [3.05, 3.63) is 30.1 Å². The smallest absolute Gasteiger partial charge is 0.0882 e. The first kappa shape index (κ1) is 10.1. The highest BCUT2D eigenvalue weighted by molar-refractivity contribution is 5.74. The van der Waals surface area contributed by atoms with Crippen LogP contribution in [0.3, 0.4) is 0 Å². The quantitative estimate of drug-likeness (QED) is 0.702. The van der Waals surface area contributed by atoms with E-state index in [1.165, 1.54) is 0 Å². The van der Waals surface area contributed by atoms with Gasteiger partial charge in [0.15, 0.2) is 0 Å². The predicted molar refractivity (Wildman–Crippen MR) is 59.3 cm³/mol. The average Bonchev–Trinajstić information content (AvgIpc) is 2.63.